The van der Waals surface area contributed by atoms with Crippen LogP contribution in [0.2, 0.25) is 0 Å². The van der Waals surface area contributed by atoms with Crippen LogP contribution in [0.25, 0.3) is 0 Å². The fourth-order valence-corrected chi connectivity index (χ4v) is 9.95. The number of aromatic nitrogens is 1. The van der Waals surface area contributed by atoms with Crippen molar-refractivity contribution in [2.45, 2.75) is 127 Å². The van der Waals surface area contributed by atoms with Crippen molar-refractivity contribution in [2.75, 3.05) is 13.2 Å². The standard InChI is InChI=1S/C43H47F6N3O5S/c1-3-9-35-41(57-30-24-36(58-26-30)43(47,48)49,18-7-22-52(35)38(55)31-25-51-21-14-32(31)42(44,45)46)37(54)29-12-19-40(27-50,20-13-29)33-10-4-5-11-34(33)56-23-8-17-39(28(2)53)15-6-16-39/h4-5,10-11,14,21,24-26,29,35H,3,6-9,12-13,15-20,22-23H2,1-2H3/t29?,35-,40?,41+/m1/s1. The van der Waals surface area contributed by atoms with Crippen molar-refractivity contribution < 1.29 is 50.2 Å². The van der Waals surface area contributed by atoms with Crippen molar-refractivity contribution in [1.29, 1.82) is 5.26 Å². The zero-order chi connectivity index (χ0) is 41.9. The molecule has 3 fully saturated rings. The molecule has 2 aliphatic carbocycles. The lowest BCUT2D eigenvalue weighted by molar-refractivity contribution is -0.151. The maximum Gasteiger partial charge on any atom is 0.425 e. The number of carbonyl (C=O) groups excluding carboxylic acids is 3. The first-order chi connectivity index (χ1) is 27.5. The lowest BCUT2D eigenvalue weighted by Crippen LogP contribution is -2.66. The third-order valence-electron chi connectivity index (χ3n) is 12.6. The highest BCUT2D eigenvalue weighted by molar-refractivity contribution is 7.10. The number of likely N-dealkylation sites (tertiary alicyclic amines) is 1. The molecule has 312 valence electrons. The molecule has 2 atom stereocenters. The fraction of sp³-hybridized carbons (Fsp3) is 0.558. The van der Waals surface area contributed by atoms with Crippen LogP contribution in [0, 0.1) is 22.7 Å². The van der Waals surface area contributed by atoms with Crippen molar-refractivity contribution in [2.24, 2.45) is 11.3 Å². The van der Waals surface area contributed by atoms with Gasteiger partial charge < -0.3 is 14.4 Å². The van der Waals surface area contributed by atoms with Gasteiger partial charge in [-0.15, -0.1) is 11.3 Å². The van der Waals surface area contributed by atoms with Gasteiger partial charge >= 0.3 is 12.4 Å². The Morgan fingerprint density at radius 3 is 2.33 bits per heavy atom. The number of piperidine rings is 1. The van der Waals surface area contributed by atoms with Gasteiger partial charge in [0, 0.05) is 47.3 Å². The second kappa shape index (κ2) is 17.0. The number of carbonyl (C=O) groups is 3. The highest BCUT2D eigenvalue weighted by atomic mass is 32.1. The number of Topliss-reactive ketones (excluding diaryl/α,β-unsaturated/α-hetero) is 2. The molecule has 15 heteroatoms. The second-order valence-electron chi connectivity index (χ2n) is 15.9. The van der Waals surface area contributed by atoms with Crippen LogP contribution in [-0.2, 0) is 27.4 Å². The maximum atomic E-state index is 15.1. The number of nitriles is 1. The molecule has 0 spiro atoms. The van der Waals surface area contributed by atoms with E-state index in [1.807, 2.05) is 18.2 Å². The highest BCUT2D eigenvalue weighted by Crippen LogP contribution is 2.49. The van der Waals surface area contributed by atoms with Gasteiger partial charge in [0.05, 0.1) is 35.3 Å². The Morgan fingerprint density at radius 1 is 1.00 bits per heavy atom. The number of amides is 1. The number of para-hydroxylation sites is 1. The lowest BCUT2D eigenvalue weighted by Gasteiger charge is -2.50. The van der Waals surface area contributed by atoms with Crippen LogP contribution in [-0.4, -0.2) is 52.2 Å². The van der Waals surface area contributed by atoms with Crippen LogP contribution in [0.15, 0.2) is 54.2 Å². The van der Waals surface area contributed by atoms with E-state index in [0.29, 0.717) is 48.2 Å². The molecule has 0 N–H and O–H groups in total. The monoisotopic (exact) mass is 831 g/mol. The maximum absolute atomic E-state index is 15.1. The van der Waals surface area contributed by atoms with E-state index in [0.717, 1.165) is 49.5 Å². The van der Waals surface area contributed by atoms with E-state index in [1.54, 1.807) is 19.9 Å². The van der Waals surface area contributed by atoms with E-state index >= 15 is 4.79 Å². The van der Waals surface area contributed by atoms with Crippen molar-refractivity contribution in [3.05, 3.63) is 75.7 Å². The summed E-state index contributed by atoms with van der Waals surface area (Å²) < 4.78 is 96.3. The fourth-order valence-electron chi connectivity index (χ4n) is 9.27. The Bertz CT molecular complexity index is 2010. The highest BCUT2D eigenvalue weighted by Gasteiger charge is 2.57. The number of benzene rings is 1. The Morgan fingerprint density at radius 2 is 1.72 bits per heavy atom. The SMILES string of the molecule is CCC[C@H]1N(C(=O)c2cnccc2C(F)(F)F)CCC[C@@]1(Oc1csc(C(F)(F)F)c1)C(=O)C1CCC(C#N)(c2ccccc2OCCCC2(C(C)=O)CCC2)CC1. The minimum Gasteiger partial charge on any atom is -0.493 e. The number of ether oxygens (including phenoxy) is 2. The van der Waals surface area contributed by atoms with Gasteiger partial charge in [0.15, 0.2) is 11.4 Å². The normalized spacial score (nSPS) is 24.6. The number of halogens is 6. The first kappa shape index (κ1) is 43.1. The van der Waals surface area contributed by atoms with E-state index in [1.165, 1.54) is 4.90 Å². The quantitative estimate of drug-likeness (QED) is 0.118. The molecule has 8 nitrogen and oxygen atoms in total. The molecule has 6 rings (SSSR count). The number of thiophene rings is 1. The minimum absolute atomic E-state index is 0.0120. The first-order valence-electron chi connectivity index (χ1n) is 19.9. The second-order valence-corrected chi connectivity index (χ2v) is 16.8. The van der Waals surface area contributed by atoms with Gasteiger partial charge in [0.25, 0.3) is 5.91 Å². The summed E-state index contributed by atoms with van der Waals surface area (Å²) in [7, 11) is 0. The molecule has 1 amide bonds. The molecule has 2 saturated carbocycles. The minimum atomic E-state index is -4.88. The van der Waals surface area contributed by atoms with E-state index in [4.69, 9.17) is 9.47 Å². The molecule has 1 saturated heterocycles. The Hall–Kier alpha value is -4.45. The summed E-state index contributed by atoms with van der Waals surface area (Å²) in [5.74, 6) is -1.70. The number of ketones is 2. The molecule has 0 bridgehead atoms. The van der Waals surface area contributed by atoms with Gasteiger partial charge in [0.2, 0.25) is 0 Å². The zero-order valence-corrected chi connectivity index (χ0v) is 33.3. The Balaban J connectivity index is 1.28. The van der Waals surface area contributed by atoms with Crippen LogP contribution in [0.5, 0.6) is 11.5 Å². The van der Waals surface area contributed by atoms with E-state index in [-0.39, 0.29) is 68.4 Å². The number of alkyl halides is 6. The summed E-state index contributed by atoms with van der Waals surface area (Å²) in [5, 5.41) is 11.9. The molecular formula is C43H47F6N3O5S. The number of hydrogen-bond donors (Lipinski definition) is 0. The lowest BCUT2D eigenvalue weighted by atomic mass is 9.63. The van der Waals surface area contributed by atoms with Gasteiger partial charge in [0.1, 0.15) is 22.2 Å². The van der Waals surface area contributed by atoms with Crippen molar-refractivity contribution in [3.8, 4) is 17.6 Å². The van der Waals surface area contributed by atoms with Crippen LogP contribution < -0.4 is 9.47 Å². The van der Waals surface area contributed by atoms with E-state index in [2.05, 4.69) is 11.1 Å². The predicted molar refractivity (Wildman–Crippen MR) is 203 cm³/mol. The average molecular weight is 832 g/mol. The van der Waals surface area contributed by atoms with E-state index < -0.39 is 63.0 Å². The third-order valence-corrected chi connectivity index (χ3v) is 13.5. The molecular weight excluding hydrogens is 785 g/mol. The predicted octanol–water partition coefficient (Wildman–Crippen LogP) is 10.5. The molecule has 3 heterocycles. The van der Waals surface area contributed by atoms with Crippen LogP contribution in [0.1, 0.15) is 124 Å². The van der Waals surface area contributed by atoms with Gasteiger partial charge in [-0.25, -0.2) is 0 Å². The number of hydrogen-bond acceptors (Lipinski definition) is 8. The summed E-state index contributed by atoms with van der Waals surface area (Å²) in [6.07, 6.45) is -2.11. The van der Waals surface area contributed by atoms with Gasteiger partial charge in [-0.1, -0.05) is 38.0 Å². The molecule has 0 unspecified atom stereocenters. The largest absolute Gasteiger partial charge is 0.493 e. The molecule has 1 aromatic carbocycles. The smallest absolute Gasteiger partial charge is 0.425 e. The first-order valence-corrected chi connectivity index (χ1v) is 20.7. The van der Waals surface area contributed by atoms with E-state index in [9.17, 15) is 41.2 Å². The van der Waals surface area contributed by atoms with Crippen LogP contribution in [0.4, 0.5) is 26.3 Å². The molecule has 58 heavy (non-hydrogen) atoms. The van der Waals surface area contributed by atoms with Crippen LogP contribution in [0.3, 0.4) is 0 Å². The third kappa shape index (κ3) is 8.49. The number of rotatable bonds is 14. The zero-order valence-electron chi connectivity index (χ0n) is 32.5. The number of pyridine rings is 1. The molecule has 3 aliphatic rings. The van der Waals surface area contributed by atoms with Gasteiger partial charge in [-0.05, 0) is 89.7 Å². The molecule has 3 aromatic rings. The summed E-state index contributed by atoms with van der Waals surface area (Å²) >= 11 is 0.391. The Kier molecular flexibility index (Phi) is 12.7. The van der Waals surface area contributed by atoms with Crippen molar-refractivity contribution >= 4 is 28.8 Å². The van der Waals surface area contributed by atoms with Crippen molar-refractivity contribution in [1.82, 2.24) is 9.88 Å². The molecule has 0 radical (unpaired) electrons. The van der Waals surface area contributed by atoms with Gasteiger partial charge in [-0.2, -0.15) is 31.6 Å². The molecule has 2 aromatic heterocycles. The van der Waals surface area contributed by atoms with Gasteiger partial charge in [-0.3, -0.25) is 19.4 Å². The number of nitrogens with zero attached hydrogens (tertiary/aromatic N) is 3. The molecule has 1 aliphatic heterocycles. The summed E-state index contributed by atoms with van der Waals surface area (Å²) in [6.45, 7) is 3.75. The summed E-state index contributed by atoms with van der Waals surface area (Å²) in [4.78, 5) is 45.6. The topological polar surface area (TPSA) is 110 Å². The Labute approximate surface area is 337 Å². The van der Waals surface area contributed by atoms with Crippen molar-refractivity contribution in [3.63, 3.8) is 0 Å². The average Bonchev–Trinajstić information content (AvgIpc) is 3.66. The van der Waals surface area contributed by atoms with Crippen LogP contribution >= 0.6 is 11.3 Å². The summed E-state index contributed by atoms with van der Waals surface area (Å²) in [6, 6.07) is 10.1. The summed E-state index contributed by atoms with van der Waals surface area (Å²) in [5.41, 5.74) is -4.43.